The second-order valence-electron chi connectivity index (χ2n) is 9.97. The molecule has 1 atom stereocenters. The number of para-hydroxylation sites is 2. The molecule has 1 N–H and O–H groups in total. The highest BCUT2D eigenvalue weighted by Gasteiger charge is 2.63. The van der Waals surface area contributed by atoms with Crippen LogP contribution in [0.5, 0.6) is 0 Å². The van der Waals surface area contributed by atoms with E-state index in [0.717, 1.165) is 0 Å². The van der Waals surface area contributed by atoms with Crippen molar-refractivity contribution in [3.63, 3.8) is 0 Å². The molecule has 10 heteroatoms. The van der Waals surface area contributed by atoms with Crippen molar-refractivity contribution < 1.29 is 19.3 Å². The molecule has 1 unspecified atom stereocenters. The molecule has 3 amide bonds. The van der Waals surface area contributed by atoms with Crippen LogP contribution in [0.1, 0.15) is 48.1 Å². The molecule has 1 fully saturated rings. The van der Waals surface area contributed by atoms with E-state index in [1.165, 1.54) is 34.3 Å². The molecule has 1 aromatic heterocycles. The monoisotopic (exact) mass is 563 g/mol. The number of carbonyl (C=O) groups excluding carboxylic acids is 3. The first-order valence-corrected chi connectivity index (χ1v) is 13.6. The van der Waals surface area contributed by atoms with E-state index in [4.69, 9.17) is 0 Å². The molecule has 2 heterocycles. The predicted molar refractivity (Wildman–Crippen MR) is 157 cm³/mol. The number of hydrogen-bond donors (Lipinski definition) is 1. The molecule has 42 heavy (non-hydrogen) atoms. The van der Waals surface area contributed by atoms with Gasteiger partial charge >= 0.3 is 0 Å². The van der Waals surface area contributed by atoms with Gasteiger partial charge in [0.25, 0.3) is 23.4 Å². The van der Waals surface area contributed by atoms with Crippen LogP contribution in [0, 0.1) is 15.5 Å². The lowest BCUT2D eigenvalue weighted by molar-refractivity contribution is -0.384. The van der Waals surface area contributed by atoms with Crippen LogP contribution in [-0.4, -0.2) is 27.6 Å². The van der Waals surface area contributed by atoms with Gasteiger partial charge in [-0.25, -0.2) is 10.0 Å². The van der Waals surface area contributed by atoms with E-state index in [2.05, 4.69) is 10.3 Å². The van der Waals surface area contributed by atoms with Crippen molar-refractivity contribution >= 4 is 34.8 Å². The number of anilines is 2. The van der Waals surface area contributed by atoms with Crippen molar-refractivity contribution in [1.29, 1.82) is 0 Å². The van der Waals surface area contributed by atoms with E-state index in [1.807, 2.05) is 19.1 Å². The Balaban J connectivity index is 1.67. The molecule has 212 valence electrons. The average Bonchev–Trinajstić information content (AvgIpc) is 3.26. The molecule has 0 radical (unpaired) electrons. The summed E-state index contributed by atoms with van der Waals surface area (Å²) in [6.45, 7) is 1.97. The summed E-state index contributed by atoms with van der Waals surface area (Å²) in [5, 5.41) is 16.9. The van der Waals surface area contributed by atoms with Gasteiger partial charge in [-0.05, 0) is 60.5 Å². The van der Waals surface area contributed by atoms with Gasteiger partial charge in [0.15, 0.2) is 5.41 Å². The Morgan fingerprint density at radius 1 is 0.857 bits per heavy atom. The Morgan fingerprint density at radius 2 is 1.38 bits per heavy atom. The number of benzene rings is 3. The molecule has 0 saturated carbocycles. The number of hydrazine groups is 1. The van der Waals surface area contributed by atoms with Crippen LogP contribution in [0.4, 0.5) is 17.1 Å². The van der Waals surface area contributed by atoms with Crippen molar-refractivity contribution in [2.75, 3.05) is 10.0 Å². The third-order valence-corrected chi connectivity index (χ3v) is 7.42. The number of nitrogens with zero attached hydrogens (tertiary/aromatic N) is 4. The van der Waals surface area contributed by atoms with Gasteiger partial charge in [-0.2, -0.15) is 0 Å². The highest BCUT2D eigenvalue weighted by atomic mass is 16.6. The molecule has 1 saturated heterocycles. The van der Waals surface area contributed by atoms with Gasteiger partial charge in [0.05, 0.1) is 22.3 Å². The number of aromatic nitrogens is 1. The van der Waals surface area contributed by atoms with E-state index >= 15 is 0 Å². The SMILES string of the molecule is CCCCC1(C(NC(=O)c2ccc([N+](=O)[O-])cc2)c2ccncc2)C(=O)N(c2ccccc2)N(c2ccccc2)C1=O. The number of nitro benzene ring substituents is 1. The maximum absolute atomic E-state index is 14.8. The number of rotatable bonds is 10. The summed E-state index contributed by atoms with van der Waals surface area (Å²) in [5.41, 5.74) is -0.167. The van der Waals surface area contributed by atoms with E-state index in [0.29, 0.717) is 29.8 Å². The minimum Gasteiger partial charge on any atom is -0.344 e. The van der Waals surface area contributed by atoms with Crippen LogP contribution in [-0.2, 0) is 9.59 Å². The Morgan fingerprint density at radius 3 is 1.86 bits per heavy atom. The molecule has 0 aliphatic carbocycles. The van der Waals surface area contributed by atoms with Gasteiger partial charge in [0.1, 0.15) is 0 Å². The quantitative estimate of drug-likeness (QED) is 0.151. The lowest BCUT2D eigenvalue weighted by Crippen LogP contribution is -2.49. The predicted octanol–water partition coefficient (Wildman–Crippen LogP) is 5.63. The number of carbonyl (C=O) groups is 3. The van der Waals surface area contributed by atoms with Gasteiger partial charge in [0, 0.05) is 30.1 Å². The second kappa shape index (κ2) is 12.0. The maximum Gasteiger partial charge on any atom is 0.269 e. The van der Waals surface area contributed by atoms with E-state index in [1.54, 1.807) is 73.1 Å². The Kier molecular flexibility index (Phi) is 8.05. The minimum absolute atomic E-state index is 0.156. The largest absolute Gasteiger partial charge is 0.344 e. The first-order valence-electron chi connectivity index (χ1n) is 13.6. The van der Waals surface area contributed by atoms with Gasteiger partial charge in [0.2, 0.25) is 0 Å². The topological polar surface area (TPSA) is 126 Å². The number of non-ortho nitro benzene ring substituents is 1. The molecule has 10 nitrogen and oxygen atoms in total. The number of pyridine rings is 1. The second-order valence-corrected chi connectivity index (χ2v) is 9.97. The van der Waals surface area contributed by atoms with E-state index in [-0.39, 0.29) is 17.7 Å². The van der Waals surface area contributed by atoms with Crippen molar-refractivity contribution in [2.24, 2.45) is 5.41 Å². The maximum atomic E-state index is 14.8. The summed E-state index contributed by atoms with van der Waals surface area (Å²) < 4.78 is 0. The lowest BCUT2D eigenvalue weighted by atomic mass is 9.72. The number of unbranched alkanes of at least 4 members (excludes halogenated alkanes) is 1. The summed E-state index contributed by atoms with van der Waals surface area (Å²) in [4.78, 5) is 58.0. The van der Waals surface area contributed by atoms with Crippen molar-refractivity contribution in [3.05, 3.63) is 131 Å². The third-order valence-electron chi connectivity index (χ3n) is 7.42. The van der Waals surface area contributed by atoms with Gasteiger partial charge in [-0.15, -0.1) is 0 Å². The van der Waals surface area contributed by atoms with Crippen LogP contribution in [0.15, 0.2) is 109 Å². The number of nitro groups is 1. The fourth-order valence-electron chi connectivity index (χ4n) is 5.31. The zero-order chi connectivity index (χ0) is 29.7. The Bertz CT molecular complexity index is 1520. The molecule has 0 bridgehead atoms. The fourth-order valence-corrected chi connectivity index (χ4v) is 5.31. The van der Waals surface area contributed by atoms with E-state index in [9.17, 15) is 24.5 Å². The molecule has 4 aromatic rings. The van der Waals surface area contributed by atoms with Crippen molar-refractivity contribution in [1.82, 2.24) is 10.3 Å². The van der Waals surface area contributed by atoms with Crippen molar-refractivity contribution in [2.45, 2.75) is 32.2 Å². The average molecular weight is 564 g/mol. The first kappa shape index (κ1) is 28.2. The fraction of sp³-hybridized carbons (Fsp3) is 0.188. The minimum atomic E-state index is -1.71. The molecule has 5 rings (SSSR count). The summed E-state index contributed by atoms with van der Waals surface area (Å²) >= 11 is 0. The summed E-state index contributed by atoms with van der Waals surface area (Å²) in [6, 6.07) is 25.3. The van der Waals surface area contributed by atoms with E-state index < -0.39 is 34.1 Å². The molecule has 1 aliphatic heterocycles. The first-order chi connectivity index (χ1) is 20.4. The number of amides is 3. The highest BCUT2D eigenvalue weighted by molar-refractivity contribution is 6.27. The Hall–Kier alpha value is -5.38. The number of nitrogens with one attached hydrogen (secondary N) is 1. The lowest BCUT2D eigenvalue weighted by Gasteiger charge is -2.34. The summed E-state index contributed by atoms with van der Waals surface area (Å²) in [5.74, 6) is -1.52. The zero-order valence-corrected chi connectivity index (χ0v) is 22.9. The Labute approximate surface area is 242 Å². The molecular formula is C32H29N5O5. The standard InChI is InChI=1S/C32H29N5O5/c1-2-3-20-32(28(23-18-21-33-22-19-23)34-29(38)24-14-16-27(17-15-24)37(41)42)30(39)35(25-10-6-4-7-11-25)36(31(32)40)26-12-8-5-9-13-26/h4-19,21-22,28H,2-3,20H2,1H3,(H,34,38). The third kappa shape index (κ3) is 5.10. The van der Waals surface area contributed by atoms with Crippen LogP contribution in [0.3, 0.4) is 0 Å². The zero-order valence-electron chi connectivity index (χ0n) is 22.9. The van der Waals surface area contributed by atoms with Crippen LogP contribution >= 0.6 is 0 Å². The molecule has 3 aromatic carbocycles. The van der Waals surface area contributed by atoms with Crippen molar-refractivity contribution in [3.8, 4) is 0 Å². The van der Waals surface area contributed by atoms with Crippen LogP contribution in [0.2, 0.25) is 0 Å². The highest BCUT2D eigenvalue weighted by Crippen LogP contribution is 2.49. The van der Waals surface area contributed by atoms with Gasteiger partial charge < -0.3 is 5.32 Å². The normalized spacial score (nSPS) is 15.0. The summed E-state index contributed by atoms with van der Waals surface area (Å²) in [6.07, 6.45) is 4.50. The van der Waals surface area contributed by atoms with Gasteiger partial charge in [-0.1, -0.05) is 56.2 Å². The molecule has 1 aliphatic rings. The summed E-state index contributed by atoms with van der Waals surface area (Å²) in [7, 11) is 0. The van der Waals surface area contributed by atoms with Crippen LogP contribution < -0.4 is 15.3 Å². The number of hydrogen-bond acceptors (Lipinski definition) is 6. The smallest absolute Gasteiger partial charge is 0.269 e. The van der Waals surface area contributed by atoms with Gasteiger partial charge in [-0.3, -0.25) is 29.5 Å². The van der Waals surface area contributed by atoms with Crippen LogP contribution in [0.25, 0.3) is 0 Å². The molecule has 0 spiro atoms. The molecular weight excluding hydrogens is 534 g/mol.